The molecule has 4 atom stereocenters. The molecule has 0 aliphatic heterocycles. The van der Waals surface area contributed by atoms with Crippen molar-refractivity contribution in [3.05, 3.63) is 0 Å². The predicted molar refractivity (Wildman–Crippen MR) is 75.1 cm³/mol. The first-order valence-corrected chi connectivity index (χ1v) is 7.54. The van der Waals surface area contributed by atoms with Crippen molar-refractivity contribution in [2.24, 2.45) is 23.2 Å². The van der Waals surface area contributed by atoms with Crippen molar-refractivity contribution in [3.8, 4) is 0 Å². The molecule has 3 fully saturated rings. The summed E-state index contributed by atoms with van der Waals surface area (Å²) in [7, 11) is 0. The summed E-state index contributed by atoms with van der Waals surface area (Å²) >= 11 is 0. The Balaban J connectivity index is 2.14. The molecule has 3 aliphatic rings. The number of rotatable bonds is 3. The van der Waals surface area contributed by atoms with Crippen LogP contribution in [0.1, 0.15) is 61.3 Å². The Kier molecular flexibility index (Phi) is 3.36. The molecule has 0 aromatic rings. The lowest BCUT2D eigenvalue weighted by molar-refractivity contribution is -0.147. The first kappa shape index (κ1) is 13.4. The highest BCUT2D eigenvalue weighted by atomic mass is 15.2. The molecule has 3 saturated carbocycles. The van der Waals surface area contributed by atoms with Gasteiger partial charge in [0.25, 0.3) is 0 Å². The molecular weight excluding hydrogens is 206 g/mol. The maximum absolute atomic E-state index is 2.76. The van der Waals surface area contributed by atoms with E-state index in [1.807, 2.05) is 0 Å². The largest absolute Gasteiger partial charge is 0.295 e. The number of hydrogen-bond acceptors (Lipinski definition) is 1. The Morgan fingerprint density at radius 3 is 1.88 bits per heavy atom. The van der Waals surface area contributed by atoms with Crippen LogP contribution in [0, 0.1) is 23.2 Å². The molecule has 0 unspecified atom stereocenters. The van der Waals surface area contributed by atoms with Gasteiger partial charge in [-0.15, -0.1) is 0 Å². The maximum Gasteiger partial charge on any atom is 0.0132 e. The summed E-state index contributed by atoms with van der Waals surface area (Å²) in [4.78, 5) is 2.76. The van der Waals surface area contributed by atoms with Gasteiger partial charge in [0.15, 0.2) is 0 Å². The normalized spacial score (nSPS) is 39.9. The van der Waals surface area contributed by atoms with Gasteiger partial charge in [-0.3, -0.25) is 4.90 Å². The fourth-order valence-corrected chi connectivity index (χ4v) is 4.88. The highest BCUT2D eigenvalue weighted by Crippen LogP contribution is 2.62. The van der Waals surface area contributed by atoms with Crippen molar-refractivity contribution in [3.63, 3.8) is 0 Å². The monoisotopic (exact) mass is 237 g/mol. The average Bonchev–Trinajstić information content (AvgIpc) is 2.18. The fourth-order valence-electron chi connectivity index (χ4n) is 4.88. The third-order valence-electron chi connectivity index (χ3n) is 5.89. The summed E-state index contributed by atoms with van der Waals surface area (Å²) < 4.78 is 0. The van der Waals surface area contributed by atoms with E-state index in [1.54, 1.807) is 0 Å². The molecule has 0 aromatic heterocycles. The molecule has 2 bridgehead atoms. The Bertz CT molecular complexity index is 271. The van der Waals surface area contributed by atoms with Gasteiger partial charge in [0.05, 0.1) is 0 Å². The van der Waals surface area contributed by atoms with Gasteiger partial charge in [-0.05, 0) is 63.7 Å². The molecule has 0 amide bonds. The molecular formula is C16H31N. The summed E-state index contributed by atoms with van der Waals surface area (Å²) in [6.07, 6.45) is 2.93. The molecule has 3 rings (SSSR count). The second-order valence-corrected chi connectivity index (χ2v) is 7.66. The number of nitrogens with zero attached hydrogens (tertiary/aromatic N) is 1. The van der Waals surface area contributed by atoms with Crippen molar-refractivity contribution in [2.45, 2.75) is 79.4 Å². The quantitative estimate of drug-likeness (QED) is 0.712. The van der Waals surface area contributed by atoms with E-state index < -0.39 is 0 Å². The van der Waals surface area contributed by atoms with Crippen molar-refractivity contribution in [1.82, 2.24) is 4.90 Å². The van der Waals surface area contributed by atoms with Gasteiger partial charge >= 0.3 is 0 Å². The molecule has 1 heteroatoms. The predicted octanol–water partition coefficient (Wildman–Crippen LogP) is 4.18. The molecule has 1 nitrogen and oxygen atoms in total. The highest BCUT2D eigenvalue weighted by Gasteiger charge is 2.57. The molecule has 0 heterocycles. The smallest absolute Gasteiger partial charge is 0.0132 e. The minimum absolute atomic E-state index is 0.621. The van der Waals surface area contributed by atoms with Crippen molar-refractivity contribution < 1.29 is 0 Å². The Morgan fingerprint density at radius 1 is 1.00 bits per heavy atom. The summed E-state index contributed by atoms with van der Waals surface area (Å²) in [6, 6.07) is 2.19. The van der Waals surface area contributed by atoms with E-state index in [1.165, 1.54) is 12.8 Å². The van der Waals surface area contributed by atoms with E-state index in [-0.39, 0.29) is 0 Å². The number of hydrogen-bond donors (Lipinski definition) is 0. The van der Waals surface area contributed by atoms with Crippen LogP contribution in [-0.4, -0.2) is 23.0 Å². The van der Waals surface area contributed by atoms with E-state index in [9.17, 15) is 0 Å². The average molecular weight is 237 g/mol. The standard InChI is InChI=1S/C16H31N/c1-10(2)17(11(3)4)15-9-13-8-14(12(15)5)16(13,6)7/h10-15H,8-9H2,1-7H3/t12-,13+,14-,15-/m1/s1. The molecule has 100 valence electrons. The topological polar surface area (TPSA) is 3.24 Å². The SMILES string of the molecule is CC(C)N(C(C)C)[C@@H]1C[C@@H]2C[C@H]([C@H]1C)C2(C)C. The maximum atomic E-state index is 2.76. The van der Waals surface area contributed by atoms with Crippen LogP contribution in [0.25, 0.3) is 0 Å². The van der Waals surface area contributed by atoms with Crippen molar-refractivity contribution >= 4 is 0 Å². The van der Waals surface area contributed by atoms with Gasteiger partial charge in [-0.2, -0.15) is 0 Å². The van der Waals surface area contributed by atoms with Crippen LogP contribution in [0.3, 0.4) is 0 Å². The lowest BCUT2D eigenvalue weighted by Gasteiger charge is -2.64. The summed E-state index contributed by atoms with van der Waals surface area (Å²) in [5.41, 5.74) is 0.621. The summed E-state index contributed by atoms with van der Waals surface area (Å²) in [5, 5.41) is 0. The Labute approximate surface area is 108 Å². The van der Waals surface area contributed by atoms with Gasteiger partial charge in [0, 0.05) is 18.1 Å². The highest BCUT2D eigenvalue weighted by molar-refractivity contribution is 5.07. The van der Waals surface area contributed by atoms with E-state index in [2.05, 4.69) is 53.4 Å². The summed E-state index contributed by atoms with van der Waals surface area (Å²) in [6.45, 7) is 16.9. The van der Waals surface area contributed by atoms with E-state index in [0.717, 1.165) is 23.8 Å². The van der Waals surface area contributed by atoms with Crippen LogP contribution in [0.4, 0.5) is 0 Å². The van der Waals surface area contributed by atoms with E-state index in [4.69, 9.17) is 0 Å². The third kappa shape index (κ3) is 1.95. The van der Waals surface area contributed by atoms with Gasteiger partial charge < -0.3 is 0 Å². The molecule has 3 aliphatic carbocycles. The zero-order chi connectivity index (χ0) is 13.0. The number of fused-ring (bicyclic) bond motifs is 2. The van der Waals surface area contributed by atoms with E-state index >= 15 is 0 Å². The van der Waals surface area contributed by atoms with Crippen molar-refractivity contribution in [1.29, 1.82) is 0 Å². The van der Waals surface area contributed by atoms with Crippen LogP contribution in [-0.2, 0) is 0 Å². The van der Waals surface area contributed by atoms with Crippen LogP contribution in [0.5, 0.6) is 0 Å². The lowest BCUT2D eigenvalue weighted by Crippen LogP contribution is -2.62. The zero-order valence-corrected chi connectivity index (χ0v) is 12.8. The van der Waals surface area contributed by atoms with Crippen LogP contribution < -0.4 is 0 Å². The molecule has 0 aromatic carbocycles. The molecule has 0 radical (unpaired) electrons. The Morgan fingerprint density at radius 2 is 1.53 bits per heavy atom. The van der Waals surface area contributed by atoms with Gasteiger partial charge in [0.1, 0.15) is 0 Å². The molecule has 17 heavy (non-hydrogen) atoms. The van der Waals surface area contributed by atoms with Crippen LogP contribution >= 0.6 is 0 Å². The lowest BCUT2D eigenvalue weighted by atomic mass is 9.44. The molecule has 0 N–H and O–H groups in total. The van der Waals surface area contributed by atoms with Gasteiger partial charge in [-0.25, -0.2) is 0 Å². The minimum atomic E-state index is 0.621. The zero-order valence-electron chi connectivity index (χ0n) is 12.8. The molecule has 0 spiro atoms. The fraction of sp³-hybridized carbons (Fsp3) is 1.00. The molecule has 0 saturated heterocycles. The second kappa shape index (κ2) is 4.26. The van der Waals surface area contributed by atoms with Gasteiger partial charge in [-0.1, -0.05) is 20.8 Å². The summed E-state index contributed by atoms with van der Waals surface area (Å²) in [5.74, 6) is 2.82. The van der Waals surface area contributed by atoms with E-state index in [0.29, 0.717) is 17.5 Å². The Hall–Kier alpha value is -0.0400. The second-order valence-electron chi connectivity index (χ2n) is 7.66. The van der Waals surface area contributed by atoms with Crippen LogP contribution in [0.2, 0.25) is 0 Å². The minimum Gasteiger partial charge on any atom is -0.295 e. The van der Waals surface area contributed by atoms with Crippen molar-refractivity contribution in [2.75, 3.05) is 0 Å². The first-order valence-electron chi connectivity index (χ1n) is 7.54. The van der Waals surface area contributed by atoms with Gasteiger partial charge in [0.2, 0.25) is 0 Å². The van der Waals surface area contributed by atoms with Crippen LogP contribution in [0.15, 0.2) is 0 Å². The first-order chi connectivity index (χ1) is 7.76. The third-order valence-corrected chi connectivity index (χ3v) is 5.89.